The predicted molar refractivity (Wildman–Crippen MR) is 96.7 cm³/mol. The molecule has 26 heavy (non-hydrogen) atoms. The molecule has 0 radical (unpaired) electrons. The van der Waals surface area contributed by atoms with Crippen LogP contribution in [0, 0.1) is 11.3 Å². The monoisotopic (exact) mass is 351 g/mol. The number of nitrogens with zero attached hydrogens (tertiary/aromatic N) is 1. The first-order valence-corrected chi connectivity index (χ1v) is 7.54. The van der Waals surface area contributed by atoms with Crippen LogP contribution in [0.15, 0.2) is 48.5 Å². The molecule has 7 heteroatoms. The third-order valence-electron chi connectivity index (χ3n) is 3.54. The number of carbonyl (C=O) groups is 2. The molecular formula is C19H17N3O4. The van der Waals surface area contributed by atoms with Crippen LogP contribution in [0.3, 0.4) is 0 Å². The Morgan fingerprint density at radius 2 is 1.81 bits per heavy atom. The van der Waals surface area contributed by atoms with Crippen LogP contribution in [0.2, 0.25) is 0 Å². The van der Waals surface area contributed by atoms with Crippen molar-refractivity contribution < 1.29 is 19.1 Å². The van der Waals surface area contributed by atoms with Crippen molar-refractivity contribution in [3.8, 4) is 17.6 Å². The highest BCUT2D eigenvalue weighted by atomic mass is 16.5. The topological polar surface area (TPSA) is 114 Å². The minimum atomic E-state index is -0.662. The number of carbonyl (C=O) groups excluding carboxylic acids is 2. The first-order valence-electron chi connectivity index (χ1n) is 7.54. The van der Waals surface area contributed by atoms with E-state index in [4.69, 9.17) is 15.2 Å². The van der Waals surface area contributed by atoms with Gasteiger partial charge in [-0.1, -0.05) is 12.1 Å². The van der Waals surface area contributed by atoms with E-state index in [2.05, 4.69) is 5.32 Å². The molecule has 0 aliphatic rings. The minimum absolute atomic E-state index is 0.125. The van der Waals surface area contributed by atoms with Crippen LogP contribution in [0.25, 0.3) is 5.57 Å². The lowest BCUT2D eigenvalue weighted by Crippen LogP contribution is -2.17. The van der Waals surface area contributed by atoms with Crippen LogP contribution < -0.4 is 20.5 Å². The average molecular weight is 351 g/mol. The van der Waals surface area contributed by atoms with Crippen molar-refractivity contribution in [1.82, 2.24) is 0 Å². The lowest BCUT2D eigenvalue weighted by atomic mass is 10.1. The number of amides is 2. The summed E-state index contributed by atoms with van der Waals surface area (Å²) in [5.74, 6) is -0.283. The van der Waals surface area contributed by atoms with E-state index in [9.17, 15) is 14.9 Å². The van der Waals surface area contributed by atoms with Crippen molar-refractivity contribution >= 4 is 23.1 Å². The molecule has 132 valence electrons. The largest absolute Gasteiger partial charge is 0.493 e. The summed E-state index contributed by atoms with van der Waals surface area (Å²) < 4.78 is 10.4. The lowest BCUT2D eigenvalue weighted by Gasteiger charge is -2.09. The van der Waals surface area contributed by atoms with E-state index in [1.54, 1.807) is 36.4 Å². The number of anilines is 1. The number of nitrogens with two attached hydrogens (primary N) is 1. The summed E-state index contributed by atoms with van der Waals surface area (Å²) in [6.07, 6.45) is 1.14. The average Bonchev–Trinajstić information content (AvgIpc) is 2.65. The number of benzene rings is 2. The van der Waals surface area contributed by atoms with Crippen molar-refractivity contribution in [1.29, 1.82) is 5.26 Å². The minimum Gasteiger partial charge on any atom is -0.493 e. The van der Waals surface area contributed by atoms with Gasteiger partial charge in [-0.25, -0.2) is 0 Å². The van der Waals surface area contributed by atoms with E-state index in [-0.39, 0.29) is 16.8 Å². The Morgan fingerprint density at radius 1 is 1.12 bits per heavy atom. The molecule has 2 aromatic rings. The zero-order valence-corrected chi connectivity index (χ0v) is 14.3. The summed E-state index contributed by atoms with van der Waals surface area (Å²) in [6.45, 7) is 0. The van der Waals surface area contributed by atoms with Gasteiger partial charge in [0, 0.05) is 6.08 Å². The number of ether oxygens (including phenoxy) is 2. The molecule has 2 amide bonds. The van der Waals surface area contributed by atoms with Crippen molar-refractivity contribution in [2.75, 3.05) is 19.5 Å². The Bertz CT molecular complexity index is 913. The standard InChI is InChI=1S/C19H17N3O4/c1-25-16-8-7-12(9-17(16)26-2)13(11-20)10-18(23)22-15-6-4-3-5-14(15)19(21)24/h3-10H,1-2H3,(H2,21,24)(H,22,23). The Labute approximate surface area is 150 Å². The maximum atomic E-state index is 12.3. The molecular weight excluding hydrogens is 334 g/mol. The van der Waals surface area contributed by atoms with Gasteiger partial charge in [-0.05, 0) is 35.9 Å². The Hall–Kier alpha value is -3.79. The maximum Gasteiger partial charge on any atom is 0.250 e. The maximum absolute atomic E-state index is 12.3. The van der Waals surface area contributed by atoms with Gasteiger partial charge in [0.1, 0.15) is 0 Å². The summed E-state index contributed by atoms with van der Waals surface area (Å²) in [5.41, 5.74) is 6.35. The SMILES string of the molecule is COc1ccc(C(C#N)=CC(=O)Nc2ccccc2C(N)=O)cc1OC. The van der Waals surface area contributed by atoms with Crippen LogP contribution in [0.4, 0.5) is 5.69 Å². The fourth-order valence-electron chi connectivity index (χ4n) is 2.29. The summed E-state index contributed by atoms with van der Waals surface area (Å²) in [6, 6.07) is 13.2. The smallest absolute Gasteiger partial charge is 0.250 e. The molecule has 0 fully saturated rings. The van der Waals surface area contributed by atoms with Crippen LogP contribution >= 0.6 is 0 Å². The van der Waals surface area contributed by atoms with E-state index in [0.717, 1.165) is 6.08 Å². The van der Waals surface area contributed by atoms with E-state index in [1.165, 1.54) is 20.3 Å². The second kappa shape index (κ2) is 8.35. The van der Waals surface area contributed by atoms with Crippen molar-refractivity contribution in [3.63, 3.8) is 0 Å². The molecule has 2 aromatic carbocycles. The normalized spacial score (nSPS) is 10.6. The number of hydrogen-bond donors (Lipinski definition) is 2. The Balaban J connectivity index is 2.31. The van der Waals surface area contributed by atoms with Gasteiger partial charge in [0.15, 0.2) is 11.5 Å². The molecule has 0 heterocycles. The summed E-state index contributed by atoms with van der Waals surface area (Å²) in [7, 11) is 2.98. The molecule has 2 rings (SSSR count). The van der Waals surface area contributed by atoms with E-state index < -0.39 is 11.8 Å². The highest BCUT2D eigenvalue weighted by molar-refractivity contribution is 6.09. The molecule has 0 unspecified atom stereocenters. The van der Waals surface area contributed by atoms with Gasteiger partial charge in [0.05, 0.1) is 37.1 Å². The van der Waals surface area contributed by atoms with Gasteiger partial charge in [0.2, 0.25) is 5.91 Å². The molecule has 0 aromatic heterocycles. The third-order valence-corrected chi connectivity index (χ3v) is 3.54. The second-order valence-corrected chi connectivity index (χ2v) is 5.14. The fraction of sp³-hybridized carbons (Fsp3) is 0.105. The summed E-state index contributed by atoms with van der Waals surface area (Å²) in [4.78, 5) is 23.7. The molecule has 0 aliphatic heterocycles. The summed E-state index contributed by atoms with van der Waals surface area (Å²) in [5, 5.41) is 11.9. The highest BCUT2D eigenvalue weighted by Gasteiger charge is 2.12. The van der Waals surface area contributed by atoms with Crippen molar-refractivity contribution in [2.24, 2.45) is 5.73 Å². The van der Waals surface area contributed by atoms with Crippen LogP contribution in [-0.2, 0) is 4.79 Å². The first-order chi connectivity index (χ1) is 12.5. The van der Waals surface area contributed by atoms with Crippen molar-refractivity contribution in [2.45, 2.75) is 0 Å². The number of nitriles is 1. The molecule has 0 spiro atoms. The molecule has 0 saturated heterocycles. The molecule has 0 saturated carbocycles. The summed E-state index contributed by atoms with van der Waals surface area (Å²) >= 11 is 0. The number of hydrogen-bond acceptors (Lipinski definition) is 5. The van der Waals surface area contributed by atoms with Gasteiger partial charge in [-0.2, -0.15) is 5.26 Å². The number of methoxy groups -OCH3 is 2. The van der Waals surface area contributed by atoms with Gasteiger partial charge in [0.25, 0.3) is 5.91 Å². The predicted octanol–water partition coefficient (Wildman–Crippen LogP) is 2.35. The van der Waals surface area contributed by atoms with Crippen LogP contribution in [0.5, 0.6) is 11.5 Å². The van der Waals surface area contributed by atoms with E-state index in [1.807, 2.05) is 6.07 Å². The number of allylic oxidation sites excluding steroid dienone is 1. The number of rotatable bonds is 6. The molecule has 0 bridgehead atoms. The fourth-order valence-corrected chi connectivity index (χ4v) is 2.29. The molecule has 3 N–H and O–H groups in total. The van der Waals surface area contributed by atoms with Crippen LogP contribution in [0.1, 0.15) is 15.9 Å². The van der Waals surface area contributed by atoms with Crippen LogP contribution in [-0.4, -0.2) is 26.0 Å². The highest BCUT2D eigenvalue weighted by Crippen LogP contribution is 2.30. The zero-order chi connectivity index (χ0) is 19.1. The second-order valence-electron chi connectivity index (χ2n) is 5.14. The molecule has 0 aliphatic carbocycles. The zero-order valence-electron chi connectivity index (χ0n) is 14.3. The number of primary amides is 1. The Kier molecular flexibility index (Phi) is 5.96. The molecule has 7 nitrogen and oxygen atoms in total. The quantitative estimate of drug-likeness (QED) is 0.612. The van der Waals surface area contributed by atoms with E-state index in [0.29, 0.717) is 17.1 Å². The van der Waals surface area contributed by atoms with E-state index >= 15 is 0 Å². The first kappa shape index (κ1) is 18.5. The van der Waals surface area contributed by atoms with Gasteiger partial charge in [-0.3, -0.25) is 9.59 Å². The van der Waals surface area contributed by atoms with Gasteiger partial charge >= 0.3 is 0 Å². The number of nitrogens with one attached hydrogen (secondary N) is 1. The third kappa shape index (κ3) is 4.19. The number of para-hydroxylation sites is 1. The van der Waals surface area contributed by atoms with Gasteiger partial charge in [-0.15, -0.1) is 0 Å². The Morgan fingerprint density at radius 3 is 2.42 bits per heavy atom. The molecule has 0 atom stereocenters. The van der Waals surface area contributed by atoms with Crippen molar-refractivity contribution in [3.05, 3.63) is 59.7 Å². The lowest BCUT2D eigenvalue weighted by molar-refractivity contribution is -0.111. The van der Waals surface area contributed by atoms with Gasteiger partial charge < -0.3 is 20.5 Å².